The molecule has 1 heterocycles. The largest absolute Gasteiger partial charge is 0.497 e. The van der Waals surface area contributed by atoms with Gasteiger partial charge in [-0.1, -0.05) is 20.8 Å². The molecular weight excluding hydrogens is 334 g/mol. The van der Waals surface area contributed by atoms with Gasteiger partial charge in [0.15, 0.2) is 0 Å². The molecule has 0 spiro atoms. The molecule has 138 valence electrons. The molecule has 2 aromatic rings. The number of carbonyl (C=O) groups excluding carboxylic acids is 1. The summed E-state index contributed by atoms with van der Waals surface area (Å²) in [5.74, 6) is 0.629. The summed E-state index contributed by atoms with van der Waals surface area (Å²) in [6.45, 7) is 12.5. The Kier molecular flexibility index (Phi) is 5.47. The van der Waals surface area contributed by atoms with Gasteiger partial charge in [0.1, 0.15) is 5.75 Å². The Labute approximate surface area is 154 Å². The Bertz CT molecular complexity index is 784. The average Bonchev–Trinajstić information content (AvgIpc) is 2.81. The van der Waals surface area contributed by atoms with Gasteiger partial charge in [-0.15, -0.1) is 11.8 Å². The molecule has 0 atom stereocenters. The van der Waals surface area contributed by atoms with Gasteiger partial charge in [-0.25, -0.2) is 0 Å². The summed E-state index contributed by atoms with van der Waals surface area (Å²) in [5.41, 5.74) is 2.68. The first-order valence-corrected chi connectivity index (χ1v) is 9.27. The highest BCUT2D eigenvalue weighted by atomic mass is 32.2. The van der Waals surface area contributed by atoms with Crippen molar-refractivity contribution in [2.45, 2.75) is 57.6 Å². The van der Waals surface area contributed by atoms with Gasteiger partial charge in [-0.05, 0) is 32.4 Å². The van der Waals surface area contributed by atoms with Crippen molar-refractivity contribution in [3.05, 3.63) is 23.4 Å². The maximum Gasteiger partial charge on any atom is 0.311 e. The van der Waals surface area contributed by atoms with Crippen LogP contribution < -0.4 is 4.74 Å². The van der Waals surface area contributed by atoms with Gasteiger partial charge in [-0.3, -0.25) is 4.79 Å². The van der Waals surface area contributed by atoms with Crippen LogP contribution in [0.15, 0.2) is 17.0 Å². The van der Waals surface area contributed by atoms with Gasteiger partial charge in [0.05, 0.1) is 25.2 Å². The number of rotatable bonds is 5. The SMILES string of the molecule is COC(=O)C(C)(C)Cc1[nH]c2cc(OC)cc(C)c2c1SC(C)(C)C. The number of hydrogen-bond donors (Lipinski definition) is 1. The fraction of sp³-hybridized carbons (Fsp3) is 0.550. The lowest BCUT2D eigenvalue weighted by atomic mass is 9.88. The van der Waals surface area contributed by atoms with E-state index in [1.54, 1.807) is 7.11 Å². The third-order valence-electron chi connectivity index (χ3n) is 4.10. The molecule has 25 heavy (non-hydrogen) atoms. The summed E-state index contributed by atoms with van der Waals surface area (Å²) >= 11 is 1.83. The van der Waals surface area contributed by atoms with E-state index in [1.165, 1.54) is 23.0 Å². The van der Waals surface area contributed by atoms with Crippen molar-refractivity contribution >= 4 is 28.6 Å². The lowest BCUT2D eigenvalue weighted by molar-refractivity contribution is -0.150. The van der Waals surface area contributed by atoms with Crippen molar-refractivity contribution in [3.63, 3.8) is 0 Å². The van der Waals surface area contributed by atoms with Gasteiger partial charge >= 0.3 is 5.97 Å². The second kappa shape index (κ2) is 6.94. The van der Waals surface area contributed by atoms with Gasteiger partial charge < -0.3 is 14.5 Å². The molecule has 0 radical (unpaired) electrons. The number of esters is 1. The van der Waals surface area contributed by atoms with E-state index >= 15 is 0 Å². The Morgan fingerprint density at radius 3 is 2.32 bits per heavy atom. The highest BCUT2D eigenvalue weighted by Crippen LogP contribution is 2.43. The zero-order valence-electron chi connectivity index (χ0n) is 16.5. The molecule has 5 heteroatoms. The number of aromatic nitrogens is 1. The highest BCUT2D eigenvalue weighted by Gasteiger charge is 2.32. The Hall–Kier alpha value is -1.62. The highest BCUT2D eigenvalue weighted by molar-refractivity contribution is 8.00. The fourth-order valence-corrected chi connectivity index (χ4v) is 4.21. The van der Waals surface area contributed by atoms with Crippen LogP contribution in [-0.4, -0.2) is 29.9 Å². The molecular formula is C20H29NO3S. The van der Waals surface area contributed by atoms with E-state index in [-0.39, 0.29) is 10.7 Å². The first kappa shape index (κ1) is 19.7. The van der Waals surface area contributed by atoms with E-state index < -0.39 is 5.41 Å². The molecule has 0 aliphatic carbocycles. The second-order valence-electron chi connectivity index (χ2n) is 8.07. The number of aromatic amines is 1. The standard InChI is InChI=1S/C20H29NO3S/c1-12-9-13(23-7)10-14-16(12)17(25-19(2,3)4)15(21-14)11-20(5,6)18(22)24-8/h9-10,21H,11H2,1-8H3. The van der Waals surface area contributed by atoms with E-state index in [9.17, 15) is 4.79 Å². The summed E-state index contributed by atoms with van der Waals surface area (Å²) in [6.07, 6.45) is 0.592. The molecule has 0 saturated carbocycles. The molecule has 0 unspecified atom stereocenters. The Balaban J connectivity index is 2.63. The quantitative estimate of drug-likeness (QED) is 0.592. The minimum atomic E-state index is -0.596. The predicted octanol–water partition coefficient (Wildman–Crippen LogP) is 5.12. The third-order valence-corrected chi connectivity index (χ3v) is 5.36. The van der Waals surface area contributed by atoms with Crippen LogP contribution in [0.5, 0.6) is 5.75 Å². The Morgan fingerprint density at radius 2 is 1.80 bits per heavy atom. The summed E-state index contributed by atoms with van der Waals surface area (Å²) in [5, 5.41) is 1.20. The fourth-order valence-electron chi connectivity index (χ4n) is 2.98. The number of thioether (sulfide) groups is 1. The zero-order valence-corrected chi connectivity index (χ0v) is 17.3. The summed E-state index contributed by atoms with van der Waals surface area (Å²) in [4.78, 5) is 16.9. The summed E-state index contributed by atoms with van der Waals surface area (Å²) in [7, 11) is 3.12. The van der Waals surface area contributed by atoms with Crippen LogP contribution in [0.25, 0.3) is 10.9 Å². The molecule has 0 aliphatic heterocycles. The summed E-state index contributed by atoms with van der Waals surface area (Å²) in [6, 6.07) is 4.07. The smallest absolute Gasteiger partial charge is 0.311 e. The first-order valence-electron chi connectivity index (χ1n) is 8.45. The third kappa shape index (κ3) is 4.32. The van der Waals surface area contributed by atoms with Crippen LogP contribution in [0.3, 0.4) is 0 Å². The normalized spacial score (nSPS) is 12.5. The van der Waals surface area contributed by atoms with Crippen molar-refractivity contribution < 1.29 is 14.3 Å². The Morgan fingerprint density at radius 1 is 1.16 bits per heavy atom. The van der Waals surface area contributed by atoms with E-state index in [4.69, 9.17) is 9.47 Å². The van der Waals surface area contributed by atoms with E-state index in [2.05, 4.69) is 38.7 Å². The topological polar surface area (TPSA) is 51.3 Å². The molecule has 0 aliphatic rings. The molecule has 1 aromatic carbocycles. The van der Waals surface area contributed by atoms with Crippen LogP contribution >= 0.6 is 11.8 Å². The number of methoxy groups -OCH3 is 2. The number of aryl methyl sites for hydroxylation is 1. The van der Waals surface area contributed by atoms with Crippen molar-refractivity contribution in [3.8, 4) is 5.75 Å². The first-order chi connectivity index (χ1) is 11.5. The van der Waals surface area contributed by atoms with E-state index in [0.717, 1.165) is 17.0 Å². The molecule has 0 saturated heterocycles. The average molecular weight is 364 g/mol. The van der Waals surface area contributed by atoms with Crippen LogP contribution in [-0.2, 0) is 16.0 Å². The lowest BCUT2D eigenvalue weighted by Crippen LogP contribution is -2.28. The zero-order chi connectivity index (χ0) is 19.0. The molecule has 1 aromatic heterocycles. The number of H-pyrrole nitrogens is 1. The monoisotopic (exact) mass is 363 g/mol. The number of fused-ring (bicyclic) bond motifs is 1. The van der Waals surface area contributed by atoms with E-state index in [1.807, 2.05) is 31.7 Å². The van der Waals surface area contributed by atoms with Gasteiger partial charge in [0.2, 0.25) is 0 Å². The number of hydrogen-bond acceptors (Lipinski definition) is 4. The number of benzene rings is 1. The molecule has 0 bridgehead atoms. The van der Waals surface area contributed by atoms with Crippen molar-refractivity contribution in [2.75, 3.05) is 14.2 Å². The molecule has 1 N–H and O–H groups in total. The molecule has 4 nitrogen and oxygen atoms in total. The van der Waals surface area contributed by atoms with Crippen molar-refractivity contribution in [2.24, 2.45) is 5.41 Å². The molecule has 0 amide bonds. The van der Waals surface area contributed by atoms with Crippen LogP contribution in [0, 0.1) is 12.3 Å². The molecule has 0 fully saturated rings. The van der Waals surface area contributed by atoms with E-state index in [0.29, 0.717) is 6.42 Å². The number of ether oxygens (including phenoxy) is 2. The minimum Gasteiger partial charge on any atom is -0.497 e. The van der Waals surface area contributed by atoms with Crippen molar-refractivity contribution in [1.82, 2.24) is 4.98 Å². The predicted molar refractivity (Wildman–Crippen MR) is 105 cm³/mol. The van der Waals surface area contributed by atoms with Crippen LogP contribution in [0.2, 0.25) is 0 Å². The number of carbonyl (C=O) groups is 1. The van der Waals surface area contributed by atoms with Gasteiger partial charge in [-0.2, -0.15) is 0 Å². The lowest BCUT2D eigenvalue weighted by Gasteiger charge is -2.23. The van der Waals surface area contributed by atoms with Crippen molar-refractivity contribution in [1.29, 1.82) is 0 Å². The number of nitrogens with one attached hydrogen (secondary N) is 1. The maximum atomic E-state index is 12.2. The van der Waals surface area contributed by atoms with Crippen LogP contribution in [0.1, 0.15) is 45.9 Å². The van der Waals surface area contributed by atoms with Gasteiger partial charge in [0, 0.05) is 33.2 Å². The second-order valence-corrected chi connectivity index (χ2v) is 9.90. The minimum absolute atomic E-state index is 0.0612. The maximum absolute atomic E-state index is 12.2. The van der Waals surface area contributed by atoms with Crippen LogP contribution in [0.4, 0.5) is 0 Å². The molecule has 2 rings (SSSR count). The summed E-state index contributed by atoms with van der Waals surface area (Å²) < 4.78 is 10.5. The van der Waals surface area contributed by atoms with Gasteiger partial charge in [0.25, 0.3) is 0 Å².